The van der Waals surface area contributed by atoms with Crippen LogP contribution >= 0.6 is 11.3 Å². The fourth-order valence-electron chi connectivity index (χ4n) is 3.93. The van der Waals surface area contributed by atoms with E-state index in [4.69, 9.17) is 0 Å². The third-order valence-electron chi connectivity index (χ3n) is 5.12. The highest BCUT2D eigenvalue weighted by Crippen LogP contribution is 2.41. The molecule has 26 heavy (non-hydrogen) atoms. The number of amides is 1. The van der Waals surface area contributed by atoms with Crippen molar-refractivity contribution >= 4 is 33.8 Å². The standard InChI is InChI=1S/C22H18N2OS/c25-21-11-17(16-9-10-26-14-16)18-13-24(12-15-5-2-1-3-6-15)20-8-4-7-19(23-21)22(18)20/h1-10,13-14,17H,11-12H2,(H,23,25). The summed E-state index contributed by atoms with van der Waals surface area (Å²) in [5.74, 6) is 0.184. The van der Waals surface area contributed by atoms with Gasteiger partial charge in [-0.1, -0.05) is 36.4 Å². The highest BCUT2D eigenvalue weighted by molar-refractivity contribution is 7.08. The summed E-state index contributed by atoms with van der Waals surface area (Å²) in [7, 11) is 0. The molecule has 0 saturated carbocycles. The van der Waals surface area contributed by atoms with Crippen molar-refractivity contribution < 1.29 is 4.79 Å². The number of anilines is 1. The second-order valence-electron chi connectivity index (χ2n) is 6.76. The van der Waals surface area contributed by atoms with Gasteiger partial charge in [-0.2, -0.15) is 11.3 Å². The van der Waals surface area contributed by atoms with Gasteiger partial charge in [0.15, 0.2) is 0 Å². The summed E-state index contributed by atoms with van der Waals surface area (Å²) >= 11 is 1.68. The normalized spacial score (nSPS) is 16.5. The number of hydrogen-bond acceptors (Lipinski definition) is 2. The molecule has 3 nitrogen and oxygen atoms in total. The fraction of sp³-hybridized carbons (Fsp3) is 0.136. The van der Waals surface area contributed by atoms with E-state index in [1.807, 2.05) is 18.2 Å². The molecular formula is C22H18N2OS. The van der Waals surface area contributed by atoms with E-state index in [0.717, 1.165) is 12.2 Å². The van der Waals surface area contributed by atoms with Crippen molar-refractivity contribution in [1.29, 1.82) is 0 Å². The largest absolute Gasteiger partial charge is 0.343 e. The molecule has 4 heteroatoms. The molecular weight excluding hydrogens is 340 g/mol. The molecule has 5 rings (SSSR count). The van der Waals surface area contributed by atoms with Gasteiger partial charge >= 0.3 is 0 Å². The van der Waals surface area contributed by atoms with Crippen LogP contribution in [-0.2, 0) is 11.3 Å². The molecule has 2 aromatic carbocycles. The lowest BCUT2D eigenvalue weighted by molar-refractivity contribution is -0.116. The minimum absolute atomic E-state index is 0.0829. The Labute approximate surface area is 155 Å². The molecule has 1 atom stereocenters. The van der Waals surface area contributed by atoms with Crippen molar-refractivity contribution in [3.8, 4) is 0 Å². The van der Waals surface area contributed by atoms with Gasteiger partial charge in [0.05, 0.1) is 11.2 Å². The summed E-state index contributed by atoms with van der Waals surface area (Å²) in [5, 5.41) is 8.52. The first kappa shape index (κ1) is 15.4. The average molecular weight is 358 g/mol. The van der Waals surface area contributed by atoms with Crippen molar-refractivity contribution in [1.82, 2.24) is 4.57 Å². The van der Waals surface area contributed by atoms with Gasteiger partial charge in [-0.3, -0.25) is 4.79 Å². The Balaban J connectivity index is 1.71. The highest BCUT2D eigenvalue weighted by Gasteiger charge is 2.27. The van der Waals surface area contributed by atoms with E-state index >= 15 is 0 Å². The molecule has 4 aromatic rings. The predicted octanol–water partition coefficient (Wildman–Crippen LogP) is 5.23. The van der Waals surface area contributed by atoms with E-state index in [1.54, 1.807) is 11.3 Å². The summed E-state index contributed by atoms with van der Waals surface area (Å²) in [5.41, 5.74) is 5.83. The Hall–Kier alpha value is -2.85. The van der Waals surface area contributed by atoms with E-state index in [0.29, 0.717) is 6.42 Å². The molecule has 0 aliphatic carbocycles. The van der Waals surface area contributed by atoms with Gasteiger partial charge in [0.25, 0.3) is 0 Å². The molecule has 1 aliphatic heterocycles. The van der Waals surface area contributed by atoms with Crippen molar-refractivity contribution in [2.24, 2.45) is 0 Å². The lowest BCUT2D eigenvalue weighted by Gasteiger charge is -2.12. The first-order valence-corrected chi connectivity index (χ1v) is 9.71. The summed E-state index contributed by atoms with van der Waals surface area (Å²) in [6, 6.07) is 18.8. The first-order chi connectivity index (χ1) is 12.8. The van der Waals surface area contributed by atoms with Crippen LogP contribution in [-0.4, -0.2) is 10.5 Å². The molecule has 1 N–H and O–H groups in total. The third-order valence-corrected chi connectivity index (χ3v) is 5.82. The van der Waals surface area contributed by atoms with E-state index in [9.17, 15) is 4.79 Å². The molecule has 0 fully saturated rings. The zero-order valence-electron chi connectivity index (χ0n) is 14.2. The zero-order chi connectivity index (χ0) is 17.5. The number of carbonyl (C=O) groups excluding carboxylic acids is 1. The van der Waals surface area contributed by atoms with Gasteiger partial charge in [-0.25, -0.2) is 0 Å². The molecule has 0 saturated heterocycles. The molecule has 1 unspecified atom stereocenters. The molecule has 1 aliphatic rings. The molecule has 1 amide bonds. The predicted molar refractivity (Wildman–Crippen MR) is 107 cm³/mol. The monoisotopic (exact) mass is 358 g/mol. The Morgan fingerprint density at radius 2 is 1.96 bits per heavy atom. The quantitative estimate of drug-likeness (QED) is 0.535. The number of hydrogen-bond donors (Lipinski definition) is 1. The van der Waals surface area contributed by atoms with Crippen LogP contribution in [0, 0.1) is 0 Å². The lowest BCUT2D eigenvalue weighted by Crippen LogP contribution is -2.13. The maximum absolute atomic E-state index is 12.5. The van der Waals surface area contributed by atoms with Crippen LogP contribution in [0.15, 0.2) is 71.6 Å². The summed E-state index contributed by atoms with van der Waals surface area (Å²) in [6.45, 7) is 0.825. The fourth-order valence-corrected chi connectivity index (χ4v) is 4.65. The van der Waals surface area contributed by atoms with Crippen LogP contribution < -0.4 is 5.32 Å². The second kappa shape index (κ2) is 6.15. The number of nitrogens with one attached hydrogen (secondary N) is 1. The van der Waals surface area contributed by atoms with E-state index in [2.05, 4.69) is 63.2 Å². The van der Waals surface area contributed by atoms with Crippen molar-refractivity contribution in [2.75, 3.05) is 5.32 Å². The SMILES string of the molecule is O=C1CC(c2ccsc2)c2cn(Cc3ccccc3)c3cccc(c23)N1. The van der Waals surface area contributed by atoms with E-state index in [-0.39, 0.29) is 11.8 Å². The molecule has 128 valence electrons. The lowest BCUT2D eigenvalue weighted by atomic mass is 9.90. The van der Waals surface area contributed by atoms with Crippen LogP contribution in [0.4, 0.5) is 5.69 Å². The van der Waals surface area contributed by atoms with Gasteiger partial charge < -0.3 is 9.88 Å². The topological polar surface area (TPSA) is 34.0 Å². The molecule has 0 spiro atoms. The molecule has 0 radical (unpaired) electrons. The number of rotatable bonds is 3. The Morgan fingerprint density at radius 1 is 1.08 bits per heavy atom. The molecule has 0 bridgehead atoms. The van der Waals surface area contributed by atoms with Gasteiger partial charge in [-0.15, -0.1) is 0 Å². The summed E-state index contributed by atoms with van der Waals surface area (Å²) in [6.07, 6.45) is 2.72. The number of thiophene rings is 1. The number of aromatic nitrogens is 1. The van der Waals surface area contributed by atoms with Crippen LogP contribution in [0.25, 0.3) is 10.9 Å². The summed E-state index contributed by atoms with van der Waals surface area (Å²) in [4.78, 5) is 12.5. The zero-order valence-corrected chi connectivity index (χ0v) is 15.0. The van der Waals surface area contributed by atoms with Crippen LogP contribution in [0.3, 0.4) is 0 Å². The minimum atomic E-state index is 0.0829. The Bertz CT molecular complexity index is 1080. The van der Waals surface area contributed by atoms with Gasteiger partial charge in [0.1, 0.15) is 0 Å². The number of carbonyl (C=O) groups is 1. The Kier molecular flexibility index (Phi) is 3.64. The summed E-state index contributed by atoms with van der Waals surface area (Å²) < 4.78 is 2.31. The van der Waals surface area contributed by atoms with Crippen molar-refractivity contribution in [3.63, 3.8) is 0 Å². The Morgan fingerprint density at radius 3 is 2.77 bits per heavy atom. The van der Waals surface area contributed by atoms with E-state index < -0.39 is 0 Å². The van der Waals surface area contributed by atoms with Crippen molar-refractivity contribution in [2.45, 2.75) is 18.9 Å². The van der Waals surface area contributed by atoms with Crippen molar-refractivity contribution in [3.05, 3.63) is 88.2 Å². The molecule has 3 heterocycles. The van der Waals surface area contributed by atoms with Gasteiger partial charge in [0.2, 0.25) is 5.91 Å². The van der Waals surface area contributed by atoms with E-state index in [1.165, 1.54) is 27.6 Å². The first-order valence-electron chi connectivity index (χ1n) is 8.77. The van der Waals surface area contributed by atoms with Gasteiger partial charge in [0, 0.05) is 30.5 Å². The van der Waals surface area contributed by atoms with Gasteiger partial charge in [-0.05, 0) is 45.6 Å². The van der Waals surface area contributed by atoms with Crippen LogP contribution in [0.1, 0.15) is 29.0 Å². The minimum Gasteiger partial charge on any atom is -0.343 e. The molecule has 2 aromatic heterocycles. The number of benzene rings is 2. The highest BCUT2D eigenvalue weighted by atomic mass is 32.1. The smallest absolute Gasteiger partial charge is 0.225 e. The van der Waals surface area contributed by atoms with Crippen LogP contribution in [0.5, 0.6) is 0 Å². The maximum Gasteiger partial charge on any atom is 0.225 e. The number of nitrogens with zero attached hydrogens (tertiary/aromatic N) is 1. The second-order valence-corrected chi connectivity index (χ2v) is 7.54. The maximum atomic E-state index is 12.5. The third kappa shape index (κ3) is 2.54. The van der Waals surface area contributed by atoms with Crippen LogP contribution in [0.2, 0.25) is 0 Å². The average Bonchev–Trinajstić information content (AvgIpc) is 3.27.